The van der Waals surface area contributed by atoms with Crippen molar-refractivity contribution < 1.29 is 9.53 Å². The first kappa shape index (κ1) is 25.3. The van der Waals surface area contributed by atoms with Gasteiger partial charge in [-0.3, -0.25) is 9.59 Å². The van der Waals surface area contributed by atoms with Crippen LogP contribution in [0.2, 0.25) is 5.02 Å². The van der Waals surface area contributed by atoms with Crippen molar-refractivity contribution in [3.8, 4) is 5.69 Å². The number of fused-ring (bicyclic) bond motifs is 5. The van der Waals surface area contributed by atoms with Gasteiger partial charge in [-0.25, -0.2) is 8.97 Å². The van der Waals surface area contributed by atoms with Crippen LogP contribution in [0.3, 0.4) is 0 Å². The average molecular weight is 565 g/mol. The highest BCUT2D eigenvalue weighted by Crippen LogP contribution is 2.37. The Morgan fingerprint density at radius 3 is 2.61 bits per heavy atom. The van der Waals surface area contributed by atoms with Crippen LogP contribution >= 0.6 is 34.7 Å². The topological polar surface area (TPSA) is 78.5 Å². The number of halogens is 1. The van der Waals surface area contributed by atoms with Gasteiger partial charge in [-0.2, -0.15) is 0 Å². The van der Waals surface area contributed by atoms with Crippen molar-refractivity contribution in [2.24, 2.45) is 5.92 Å². The third-order valence-corrected chi connectivity index (χ3v) is 9.25. The molecule has 0 N–H and O–H groups in total. The minimum absolute atomic E-state index is 0.0369. The summed E-state index contributed by atoms with van der Waals surface area (Å²) in [7, 11) is 0. The highest BCUT2D eigenvalue weighted by molar-refractivity contribution is 7.99. The summed E-state index contributed by atoms with van der Waals surface area (Å²) in [4.78, 5) is 28.8. The van der Waals surface area contributed by atoms with Crippen LogP contribution in [0.1, 0.15) is 40.2 Å². The van der Waals surface area contributed by atoms with Crippen LogP contribution in [-0.4, -0.2) is 36.8 Å². The van der Waals surface area contributed by atoms with Gasteiger partial charge in [0.2, 0.25) is 5.78 Å². The molecule has 6 rings (SSSR count). The molecule has 0 spiro atoms. The van der Waals surface area contributed by atoms with E-state index in [1.54, 1.807) is 40.2 Å². The molecule has 7 nitrogen and oxygen atoms in total. The van der Waals surface area contributed by atoms with Crippen LogP contribution in [0.5, 0.6) is 0 Å². The number of aromatic nitrogens is 4. The van der Waals surface area contributed by atoms with E-state index in [0.717, 1.165) is 26.5 Å². The van der Waals surface area contributed by atoms with E-state index in [2.05, 4.69) is 24.0 Å². The zero-order valence-electron chi connectivity index (χ0n) is 21.1. The van der Waals surface area contributed by atoms with E-state index >= 15 is 0 Å². The van der Waals surface area contributed by atoms with E-state index in [-0.39, 0.29) is 23.2 Å². The van der Waals surface area contributed by atoms with Crippen molar-refractivity contribution in [1.29, 1.82) is 0 Å². The van der Waals surface area contributed by atoms with Crippen LogP contribution < -0.4 is 5.56 Å². The molecule has 38 heavy (non-hydrogen) atoms. The molecular formula is C28H25ClN4O3S2. The normalized spacial score (nSPS) is 15.4. The number of nitrogens with zero attached hydrogens (tertiary/aromatic N) is 4. The molecule has 0 saturated heterocycles. The predicted molar refractivity (Wildman–Crippen MR) is 152 cm³/mol. The number of carbonyl (C=O) groups excluding carboxylic acids is 1. The fourth-order valence-electron chi connectivity index (χ4n) is 4.74. The Hall–Kier alpha value is -2.98. The first-order chi connectivity index (χ1) is 18.3. The number of ketones is 1. The molecule has 5 aromatic rings. The van der Waals surface area contributed by atoms with Gasteiger partial charge in [0.25, 0.3) is 5.56 Å². The fraction of sp³-hybridized carbons (Fsp3) is 0.286. The van der Waals surface area contributed by atoms with Crippen molar-refractivity contribution in [1.82, 2.24) is 19.2 Å². The summed E-state index contributed by atoms with van der Waals surface area (Å²) < 4.78 is 9.68. The van der Waals surface area contributed by atoms with Gasteiger partial charge in [0.1, 0.15) is 4.83 Å². The first-order valence-electron chi connectivity index (χ1n) is 12.4. The number of hydrogen-bond donors (Lipinski definition) is 0. The Morgan fingerprint density at radius 2 is 1.89 bits per heavy atom. The molecular weight excluding hydrogens is 540 g/mol. The van der Waals surface area contributed by atoms with Gasteiger partial charge in [0, 0.05) is 21.9 Å². The Bertz CT molecular complexity index is 1740. The number of benzene rings is 2. The minimum Gasteiger partial charge on any atom is -0.372 e. The molecule has 1 aliphatic rings. The van der Waals surface area contributed by atoms with E-state index in [4.69, 9.17) is 16.3 Å². The fourth-order valence-corrected chi connectivity index (χ4v) is 6.99. The summed E-state index contributed by atoms with van der Waals surface area (Å²) in [5.74, 6) is 0.899. The SMILES string of the molecule is Cc1ccc(-n2c(=O)c3c4c(sc3n3c(SCC(=O)c5ccc(Cl)cc5)nnc23)CO[C@H](C(C)C)C4)cc1. The quantitative estimate of drug-likeness (QED) is 0.182. The summed E-state index contributed by atoms with van der Waals surface area (Å²) in [6, 6.07) is 14.7. The van der Waals surface area contributed by atoms with Crippen LogP contribution in [0.4, 0.5) is 0 Å². The molecule has 10 heteroatoms. The molecule has 0 fully saturated rings. The van der Waals surface area contributed by atoms with Gasteiger partial charge < -0.3 is 4.74 Å². The summed E-state index contributed by atoms with van der Waals surface area (Å²) in [6.45, 7) is 6.76. The van der Waals surface area contributed by atoms with Crippen molar-refractivity contribution in [3.63, 3.8) is 0 Å². The van der Waals surface area contributed by atoms with E-state index < -0.39 is 0 Å². The lowest BCUT2D eigenvalue weighted by atomic mass is 9.96. The molecule has 1 aliphatic heterocycles. The highest BCUT2D eigenvalue weighted by Gasteiger charge is 2.30. The van der Waals surface area contributed by atoms with Crippen LogP contribution in [0.25, 0.3) is 21.7 Å². The lowest BCUT2D eigenvalue weighted by molar-refractivity contribution is 0.00200. The molecule has 0 unspecified atom stereocenters. The minimum atomic E-state index is -0.112. The molecule has 0 radical (unpaired) electrons. The maximum Gasteiger partial charge on any atom is 0.268 e. The zero-order valence-corrected chi connectivity index (χ0v) is 23.5. The number of rotatable bonds is 6. The number of ether oxygens (including phenoxy) is 1. The third kappa shape index (κ3) is 4.37. The van der Waals surface area contributed by atoms with Gasteiger partial charge in [0.05, 0.1) is 29.5 Å². The van der Waals surface area contributed by atoms with Crippen molar-refractivity contribution in [3.05, 3.63) is 85.5 Å². The lowest BCUT2D eigenvalue weighted by Crippen LogP contribution is -2.28. The maximum absolute atomic E-state index is 14.1. The summed E-state index contributed by atoms with van der Waals surface area (Å²) in [5, 5.41) is 10.7. The number of aryl methyl sites for hydroxylation is 1. The molecule has 194 valence electrons. The van der Waals surface area contributed by atoms with Gasteiger partial charge in [0.15, 0.2) is 10.9 Å². The van der Waals surface area contributed by atoms with Crippen molar-refractivity contribution in [2.75, 3.05) is 5.75 Å². The standard InChI is InChI=1S/C28H25ClN4O3S2/c1-15(2)22-12-20-23(13-36-22)38-26-24(20)25(35)32(19-10-4-16(3)5-11-19)27-30-31-28(33(26)27)37-14-21(34)17-6-8-18(29)9-7-17/h4-11,15,22H,12-14H2,1-3H3/t22-/m0/s1. The molecule has 1 atom stereocenters. The largest absolute Gasteiger partial charge is 0.372 e. The Morgan fingerprint density at radius 1 is 1.16 bits per heavy atom. The average Bonchev–Trinajstić information content (AvgIpc) is 3.50. The van der Waals surface area contributed by atoms with Crippen LogP contribution in [0.15, 0.2) is 58.5 Å². The molecule has 0 saturated carbocycles. The Labute approximate surface area is 232 Å². The van der Waals surface area contributed by atoms with Crippen molar-refractivity contribution in [2.45, 2.75) is 45.1 Å². The highest BCUT2D eigenvalue weighted by atomic mass is 35.5. The summed E-state index contributed by atoms with van der Waals surface area (Å²) in [6.07, 6.45) is 0.733. The molecule has 0 aliphatic carbocycles. The number of carbonyl (C=O) groups is 1. The molecule has 0 amide bonds. The van der Waals surface area contributed by atoms with E-state index in [1.165, 1.54) is 11.8 Å². The van der Waals surface area contributed by atoms with Gasteiger partial charge in [-0.1, -0.05) is 54.9 Å². The first-order valence-corrected chi connectivity index (χ1v) is 14.5. The lowest BCUT2D eigenvalue weighted by Gasteiger charge is -2.26. The number of thioether (sulfide) groups is 1. The Balaban J connectivity index is 1.52. The van der Waals surface area contributed by atoms with Gasteiger partial charge in [-0.05, 0) is 54.8 Å². The molecule has 3 aromatic heterocycles. The second-order valence-corrected chi connectivity index (χ2v) is 12.3. The zero-order chi connectivity index (χ0) is 26.6. The van der Waals surface area contributed by atoms with Crippen LogP contribution in [0, 0.1) is 12.8 Å². The van der Waals surface area contributed by atoms with E-state index in [0.29, 0.717) is 45.9 Å². The maximum atomic E-state index is 14.1. The monoisotopic (exact) mass is 564 g/mol. The predicted octanol–water partition coefficient (Wildman–Crippen LogP) is 6.13. The smallest absolute Gasteiger partial charge is 0.268 e. The second-order valence-electron chi connectivity index (χ2n) is 9.79. The number of Topliss-reactive ketones (excluding diaryl/α,β-unsaturated/α-hetero) is 1. The molecule has 2 aromatic carbocycles. The van der Waals surface area contributed by atoms with Gasteiger partial charge >= 0.3 is 0 Å². The van der Waals surface area contributed by atoms with E-state index in [1.807, 2.05) is 35.6 Å². The van der Waals surface area contributed by atoms with Crippen LogP contribution in [-0.2, 0) is 17.8 Å². The number of hydrogen-bond acceptors (Lipinski definition) is 7. The van der Waals surface area contributed by atoms with E-state index in [9.17, 15) is 9.59 Å². The number of thiophene rings is 1. The summed E-state index contributed by atoms with van der Waals surface area (Å²) >= 11 is 8.83. The van der Waals surface area contributed by atoms with Gasteiger partial charge in [-0.15, -0.1) is 21.5 Å². The third-order valence-electron chi connectivity index (χ3n) is 6.88. The molecule has 0 bridgehead atoms. The Kier molecular flexibility index (Phi) is 6.63. The second kappa shape index (κ2) is 9.96. The molecule has 4 heterocycles. The van der Waals surface area contributed by atoms with Crippen molar-refractivity contribution >= 4 is 56.5 Å². The summed E-state index contributed by atoms with van der Waals surface area (Å²) in [5.41, 5.74) is 3.34.